The number of rotatable bonds is 4. The average Bonchev–Trinajstić information content (AvgIpc) is 2.74. The minimum absolute atomic E-state index is 0.126. The van der Waals surface area contributed by atoms with E-state index in [-0.39, 0.29) is 5.54 Å². The van der Waals surface area contributed by atoms with Crippen molar-refractivity contribution in [1.29, 1.82) is 0 Å². The molecule has 0 saturated heterocycles. The molecule has 1 aliphatic carbocycles. The van der Waals surface area contributed by atoms with Gasteiger partial charge in [-0.25, -0.2) is 4.98 Å². The fraction of sp³-hybridized carbons (Fsp3) is 0.800. The standard InChI is InChI=1S/C15H26N2O/c1-15(2,3)17-10-13-14(18-11-16-13)9-12-7-5-4-6-8-12/h11-12,17H,4-10H2,1-3H3. The SMILES string of the molecule is CC(C)(C)NCc1ncoc1CC1CCCCC1. The molecule has 1 fully saturated rings. The van der Waals surface area contributed by atoms with E-state index >= 15 is 0 Å². The molecule has 0 amide bonds. The van der Waals surface area contributed by atoms with Gasteiger partial charge in [0.2, 0.25) is 0 Å². The summed E-state index contributed by atoms with van der Waals surface area (Å²) >= 11 is 0. The van der Waals surface area contributed by atoms with E-state index in [0.717, 1.165) is 30.3 Å². The largest absolute Gasteiger partial charge is 0.448 e. The molecular formula is C15H26N2O. The van der Waals surface area contributed by atoms with E-state index in [0.29, 0.717) is 0 Å². The van der Waals surface area contributed by atoms with Crippen LogP contribution in [0.4, 0.5) is 0 Å². The Bertz CT molecular complexity index is 359. The molecule has 0 unspecified atom stereocenters. The van der Waals surface area contributed by atoms with Crippen LogP contribution in [0.15, 0.2) is 10.8 Å². The molecule has 1 aromatic heterocycles. The molecule has 0 radical (unpaired) electrons. The van der Waals surface area contributed by atoms with Gasteiger partial charge in [0.1, 0.15) is 5.76 Å². The van der Waals surface area contributed by atoms with E-state index in [2.05, 4.69) is 31.1 Å². The maximum Gasteiger partial charge on any atom is 0.181 e. The summed E-state index contributed by atoms with van der Waals surface area (Å²) in [5.41, 5.74) is 1.22. The molecule has 1 aliphatic rings. The predicted octanol–water partition coefficient (Wildman–Crippen LogP) is 3.69. The molecule has 0 aliphatic heterocycles. The van der Waals surface area contributed by atoms with Gasteiger partial charge in [0.15, 0.2) is 6.39 Å². The Morgan fingerprint density at radius 3 is 2.67 bits per heavy atom. The predicted molar refractivity (Wildman–Crippen MR) is 73.4 cm³/mol. The zero-order chi connectivity index (χ0) is 13.0. The van der Waals surface area contributed by atoms with Crippen molar-refractivity contribution in [2.24, 2.45) is 5.92 Å². The molecule has 1 aromatic rings. The molecule has 3 nitrogen and oxygen atoms in total. The van der Waals surface area contributed by atoms with E-state index in [1.165, 1.54) is 32.1 Å². The van der Waals surface area contributed by atoms with E-state index < -0.39 is 0 Å². The number of hydrogen-bond donors (Lipinski definition) is 1. The van der Waals surface area contributed by atoms with E-state index in [9.17, 15) is 0 Å². The van der Waals surface area contributed by atoms with Crippen molar-refractivity contribution in [1.82, 2.24) is 10.3 Å². The van der Waals surface area contributed by atoms with Crippen molar-refractivity contribution in [3.8, 4) is 0 Å². The van der Waals surface area contributed by atoms with Crippen LogP contribution in [0.25, 0.3) is 0 Å². The van der Waals surface area contributed by atoms with E-state index in [1.807, 2.05) is 0 Å². The maximum atomic E-state index is 5.58. The van der Waals surface area contributed by atoms with Crippen molar-refractivity contribution in [3.05, 3.63) is 17.8 Å². The second kappa shape index (κ2) is 5.87. The zero-order valence-corrected chi connectivity index (χ0v) is 12.0. The van der Waals surface area contributed by atoms with E-state index in [1.54, 1.807) is 6.39 Å². The third-order valence-corrected chi connectivity index (χ3v) is 3.71. The highest BCUT2D eigenvalue weighted by Crippen LogP contribution is 2.27. The first-order valence-electron chi connectivity index (χ1n) is 7.21. The van der Waals surface area contributed by atoms with Crippen LogP contribution >= 0.6 is 0 Å². The summed E-state index contributed by atoms with van der Waals surface area (Å²) in [6.07, 6.45) is 9.55. The van der Waals surface area contributed by atoms with Gasteiger partial charge in [-0.2, -0.15) is 0 Å². The average molecular weight is 250 g/mol. The van der Waals surface area contributed by atoms with Crippen molar-refractivity contribution >= 4 is 0 Å². The summed E-state index contributed by atoms with van der Waals surface area (Å²) in [7, 11) is 0. The topological polar surface area (TPSA) is 38.1 Å². The Morgan fingerprint density at radius 1 is 1.28 bits per heavy atom. The lowest BCUT2D eigenvalue weighted by atomic mass is 9.86. The summed E-state index contributed by atoms with van der Waals surface area (Å²) in [6, 6.07) is 0. The first-order valence-corrected chi connectivity index (χ1v) is 7.21. The minimum Gasteiger partial charge on any atom is -0.448 e. The Hall–Kier alpha value is -0.830. The summed E-state index contributed by atoms with van der Waals surface area (Å²) in [4.78, 5) is 4.36. The van der Waals surface area contributed by atoms with Crippen molar-refractivity contribution in [3.63, 3.8) is 0 Å². The molecule has 18 heavy (non-hydrogen) atoms. The summed E-state index contributed by atoms with van der Waals surface area (Å²) in [5.74, 6) is 1.90. The van der Waals surface area contributed by atoms with Crippen LogP contribution in [0, 0.1) is 5.92 Å². The highest BCUT2D eigenvalue weighted by molar-refractivity contribution is 5.08. The molecule has 0 atom stereocenters. The van der Waals surface area contributed by atoms with Gasteiger partial charge in [-0.15, -0.1) is 0 Å². The first kappa shape index (κ1) is 13.6. The Morgan fingerprint density at radius 2 is 2.00 bits per heavy atom. The first-order chi connectivity index (χ1) is 8.54. The fourth-order valence-electron chi connectivity index (χ4n) is 2.61. The van der Waals surface area contributed by atoms with Gasteiger partial charge in [0.05, 0.1) is 5.69 Å². The fourth-order valence-corrected chi connectivity index (χ4v) is 2.61. The molecule has 1 heterocycles. The lowest BCUT2D eigenvalue weighted by Gasteiger charge is -2.22. The monoisotopic (exact) mass is 250 g/mol. The highest BCUT2D eigenvalue weighted by Gasteiger charge is 2.19. The number of hydrogen-bond acceptors (Lipinski definition) is 3. The minimum atomic E-state index is 0.126. The van der Waals surface area contributed by atoms with Crippen LogP contribution < -0.4 is 5.32 Å². The molecule has 0 spiro atoms. The Balaban J connectivity index is 1.90. The molecule has 1 N–H and O–H groups in total. The van der Waals surface area contributed by atoms with Crippen molar-refractivity contribution in [2.45, 2.75) is 71.4 Å². The molecule has 102 valence electrons. The molecule has 0 bridgehead atoms. The number of aromatic nitrogens is 1. The second-order valence-corrected chi connectivity index (χ2v) is 6.53. The summed E-state index contributed by atoms with van der Waals surface area (Å²) < 4.78 is 5.58. The summed E-state index contributed by atoms with van der Waals surface area (Å²) in [5, 5.41) is 3.48. The van der Waals surface area contributed by atoms with Crippen LogP contribution in [-0.2, 0) is 13.0 Å². The number of nitrogens with one attached hydrogen (secondary N) is 1. The third-order valence-electron chi connectivity index (χ3n) is 3.71. The van der Waals surface area contributed by atoms with Gasteiger partial charge in [0, 0.05) is 18.5 Å². The van der Waals surface area contributed by atoms with Crippen LogP contribution in [0.5, 0.6) is 0 Å². The smallest absolute Gasteiger partial charge is 0.181 e. The van der Waals surface area contributed by atoms with Crippen LogP contribution in [0.3, 0.4) is 0 Å². The Labute approximate surface area is 110 Å². The van der Waals surface area contributed by atoms with E-state index in [4.69, 9.17) is 4.42 Å². The molecular weight excluding hydrogens is 224 g/mol. The normalized spacial score (nSPS) is 18.2. The lowest BCUT2D eigenvalue weighted by molar-refractivity contribution is 0.331. The lowest BCUT2D eigenvalue weighted by Crippen LogP contribution is -2.35. The van der Waals surface area contributed by atoms with Gasteiger partial charge in [-0.3, -0.25) is 0 Å². The van der Waals surface area contributed by atoms with Crippen LogP contribution in [-0.4, -0.2) is 10.5 Å². The van der Waals surface area contributed by atoms with Crippen LogP contribution in [0.2, 0.25) is 0 Å². The van der Waals surface area contributed by atoms with Gasteiger partial charge in [-0.05, 0) is 26.7 Å². The maximum absolute atomic E-state index is 5.58. The summed E-state index contributed by atoms with van der Waals surface area (Å²) in [6.45, 7) is 7.33. The molecule has 3 heteroatoms. The third kappa shape index (κ3) is 4.13. The Kier molecular flexibility index (Phi) is 4.44. The number of nitrogens with zero attached hydrogens (tertiary/aromatic N) is 1. The zero-order valence-electron chi connectivity index (χ0n) is 12.0. The van der Waals surface area contributed by atoms with Crippen molar-refractivity contribution < 1.29 is 4.42 Å². The molecule has 2 rings (SSSR count). The number of oxazole rings is 1. The van der Waals surface area contributed by atoms with Gasteiger partial charge >= 0.3 is 0 Å². The molecule has 1 saturated carbocycles. The van der Waals surface area contributed by atoms with Crippen molar-refractivity contribution in [2.75, 3.05) is 0 Å². The van der Waals surface area contributed by atoms with Gasteiger partial charge < -0.3 is 9.73 Å². The van der Waals surface area contributed by atoms with Gasteiger partial charge in [-0.1, -0.05) is 32.1 Å². The quantitative estimate of drug-likeness (QED) is 0.885. The van der Waals surface area contributed by atoms with Crippen LogP contribution in [0.1, 0.15) is 64.3 Å². The second-order valence-electron chi connectivity index (χ2n) is 6.53. The van der Waals surface area contributed by atoms with Gasteiger partial charge in [0.25, 0.3) is 0 Å². The molecule has 0 aromatic carbocycles. The highest BCUT2D eigenvalue weighted by atomic mass is 16.3.